The van der Waals surface area contributed by atoms with Gasteiger partial charge in [0.1, 0.15) is 17.0 Å². The van der Waals surface area contributed by atoms with Gasteiger partial charge in [-0.25, -0.2) is 13.4 Å². The summed E-state index contributed by atoms with van der Waals surface area (Å²) in [5, 5.41) is 12.5. The first-order chi connectivity index (χ1) is 17.7. The summed E-state index contributed by atoms with van der Waals surface area (Å²) in [6.45, 7) is 8.74. The molecular formula is C28H32N4O4S. The van der Waals surface area contributed by atoms with Crippen molar-refractivity contribution in [3.63, 3.8) is 0 Å². The number of hydrogen-bond acceptors (Lipinski definition) is 7. The second kappa shape index (κ2) is 9.82. The van der Waals surface area contributed by atoms with E-state index in [-0.39, 0.29) is 29.2 Å². The Morgan fingerprint density at radius 1 is 1.19 bits per heavy atom. The highest BCUT2D eigenvalue weighted by molar-refractivity contribution is 7.91. The van der Waals surface area contributed by atoms with Crippen LogP contribution in [0.2, 0.25) is 0 Å². The molecule has 8 nitrogen and oxygen atoms in total. The van der Waals surface area contributed by atoms with Crippen LogP contribution >= 0.6 is 0 Å². The number of nitrogens with zero attached hydrogens (tertiary/aromatic N) is 3. The van der Waals surface area contributed by atoms with Crippen molar-refractivity contribution in [3.05, 3.63) is 55.2 Å². The summed E-state index contributed by atoms with van der Waals surface area (Å²) >= 11 is 0. The third-order valence-corrected chi connectivity index (χ3v) is 9.40. The van der Waals surface area contributed by atoms with Gasteiger partial charge in [-0.15, -0.1) is 0 Å². The maximum Gasteiger partial charge on any atom is 0.226 e. The SMILES string of the molecule is C=CC(=C)c1nc(-c2ccc(N3CCS(=O)(=O)CC3)cc2)c(C2CCCCC2C(=O)NC2(C#N)CC2)o1. The molecule has 2 saturated carbocycles. The van der Waals surface area contributed by atoms with Crippen LogP contribution in [0.4, 0.5) is 5.69 Å². The molecule has 1 aromatic carbocycles. The fraction of sp³-hybridized carbons (Fsp3) is 0.464. The molecule has 0 radical (unpaired) electrons. The van der Waals surface area contributed by atoms with E-state index in [9.17, 15) is 18.5 Å². The standard InChI is InChI=1S/C28H32N4O4S/c1-3-19(2)27-30-24(20-8-10-21(11-9-20)32-14-16-37(34,35)17-15-32)25(36-27)22-6-4-5-7-23(22)26(33)31-28(18-29)12-13-28/h3,8-11,22-23H,1-2,4-7,12-17H2,(H,31,33). The van der Waals surface area contributed by atoms with Gasteiger partial charge in [0.2, 0.25) is 11.8 Å². The lowest BCUT2D eigenvalue weighted by atomic mass is 9.76. The van der Waals surface area contributed by atoms with E-state index in [2.05, 4.69) is 29.4 Å². The molecule has 3 aliphatic rings. The van der Waals surface area contributed by atoms with Crippen molar-refractivity contribution in [3.8, 4) is 17.3 Å². The van der Waals surface area contributed by atoms with Crippen molar-refractivity contribution >= 4 is 27.0 Å². The predicted molar refractivity (Wildman–Crippen MR) is 142 cm³/mol. The van der Waals surface area contributed by atoms with E-state index in [1.54, 1.807) is 6.08 Å². The van der Waals surface area contributed by atoms with Crippen LogP contribution in [0.25, 0.3) is 16.8 Å². The molecular weight excluding hydrogens is 488 g/mol. The Hall–Kier alpha value is -3.38. The van der Waals surface area contributed by atoms with Gasteiger partial charge in [0.25, 0.3) is 0 Å². The Morgan fingerprint density at radius 2 is 1.86 bits per heavy atom. The second-order valence-electron chi connectivity index (χ2n) is 10.3. The molecule has 2 aliphatic carbocycles. The Labute approximate surface area is 218 Å². The molecule has 9 heteroatoms. The topological polar surface area (TPSA) is 116 Å². The van der Waals surface area contributed by atoms with Crippen LogP contribution in [0.15, 0.2) is 47.9 Å². The monoisotopic (exact) mass is 520 g/mol. The quantitative estimate of drug-likeness (QED) is 0.543. The van der Waals surface area contributed by atoms with Gasteiger partial charge >= 0.3 is 0 Å². The summed E-state index contributed by atoms with van der Waals surface area (Å²) in [6, 6.07) is 10.1. The van der Waals surface area contributed by atoms with Crippen LogP contribution < -0.4 is 10.2 Å². The zero-order valence-electron chi connectivity index (χ0n) is 20.9. The van der Waals surface area contributed by atoms with E-state index >= 15 is 0 Å². The molecule has 2 atom stereocenters. The number of benzene rings is 1. The molecule has 1 amide bonds. The van der Waals surface area contributed by atoms with E-state index in [0.717, 1.165) is 36.9 Å². The molecule has 194 valence electrons. The van der Waals surface area contributed by atoms with Gasteiger partial charge in [0, 0.05) is 41.7 Å². The van der Waals surface area contributed by atoms with E-state index in [0.29, 0.717) is 48.8 Å². The van der Waals surface area contributed by atoms with Crippen LogP contribution in [0.1, 0.15) is 56.1 Å². The number of carbonyl (C=O) groups excluding carboxylic acids is 1. The fourth-order valence-electron chi connectivity index (χ4n) is 5.29. The molecule has 1 saturated heterocycles. The number of nitriles is 1. The summed E-state index contributed by atoms with van der Waals surface area (Å²) in [5.41, 5.74) is 2.35. The summed E-state index contributed by atoms with van der Waals surface area (Å²) < 4.78 is 29.9. The average molecular weight is 521 g/mol. The number of sulfone groups is 1. The first kappa shape index (κ1) is 25.3. The van der Waals surface area contributed by atoms with Gasteiger partial charge in [-0.3, -0.25) is 4.79 Å². The maximum atomic E-state index is 13.3. The smallest absolute Gasteiger partial charge is 0.226 e. The Morgan fingerprint density at radius 3 is 2.49 bits per heavy atom. The Kier molecular flexibility index (Phi) is 6.71. The molecule has 2 unspecified atom stereocenters. The van der Waals surface area contributed by atoms with E-state index in [4.69, 9.17) is 9.40 Å². The van der Waals surface area contributed by atoms with Crippen molar-refractivity contribution in [1.82, 2.24) is 10.3 Å². The fourth-order valence-corrected chi connectivity index (χ4v) is 6.49. The van der Waals surface area contributed by atoms with Crippen LogP contribution in [-0.4, -0.2) is 49.4 Å². The van der Waals surface area contributed by atoms with Crippen molar-refractivity contribution in [2.45, 2.75) is 50.0 Å². The number of nitrogens with one attached hydrogen (secondary N) is 1. The largest absolute Gasteiger partial charge is 0.440 e. The van der Waals surface area contributed by atoms with Gasteiger partial charge in [-0.2, -0.15) is 5.26 Å². The van der Waals surface area contributed by atoms with Crippen LogP contribution in [0.3, 0.4) is 0 Å². The molecule has 1 aliphatic heterocycles. The first-order valence-electron chi connectivity index (χ1n) is 12.9. The highest BCUT2D eigenvalue weighted by atomic mass is 32.2. The van der Waals surface area contributed by atoms with Gasteiger partial charge in [-0.05, 0) is 37.8 Å². The van der Waals surface area contributed by atoms with Crippen molar-refractivity contribution < 1.29 is 17.6 Å². The Balaban J connectivity index is 1.45. The molecule has 2 aromatic rings. The molecule has 0 spiro atoms. The minimum Gasteiger partial charge on any atom is -0.440 e. The van der Waals surface area contributed by atoms with Gasteiger partial charge < -0.3 is 14.6 Å². The average Bonchev–Trinajstić information content (AvgIpc) is 3.54. The molecule has 0 bridgehead atoms. The van der Waals surface area contributed by atoms with E-state index < -0.39 is 15.4 Å². The van der Waals surface area contributed by atoms with Crippen molar-refractivity contribution in [1.29, 1.82) is 5.26 Å². The lowest BCUT2D eigenvalue weighted by Gasteiger charge is -2.30. The molecule has 37 heavy (non-hydrogen) atoms. The number of allylic oxidation sites excluding steroid dienone is 2. The number of aromatic nitrogens is 1. The van der Waals surface area contributed by atoms with Crippen molar-refractivity contribution in [2.75, 3.05) is 29.5 Å². The molecule has 5 rings (SSSR count). The summed E-state index contributed by atoms with van der Waals surface area (Å²) in [7, 11) is -2.95. The number of anilines is 1. The normalized spacial score (nSPS) is 24.0. The van der Waals surface area contributed by atoms with Crippen LogP contribution in [-0.2, 0) is 14.6 Å². The number of carbonyl (C=O) groups is 1. The summed E-state index contributed by atoms with van der Waals surface area (Å²) in [4.78, 5) is 20.1. The zero-order valence-corrected chi connectivity index (χ0v) is 21.7. The lowest BCUT2D eigenvalue weighted by Crippen LogP contribution is -2.42. The predicted octanol–water partition coefficient (Wildman–Crippen LogP) is 4.22. The first-order valence-corrected chi connectivity index (χ1v) is 14.7. The highest BCUT2D eigenvalue weighted by Crippen LogP contribution is 2.44. The lowest BCUT2D eigenvalue weighted by molar-refractivity contribution is -0.127. The molecule has 2 heterocycles. The number of hydrogen-bond donors (Lipinski definition) is 1. The highest BCUT2D eigenvalue weighted by Gasteiger charge is 2.47. The third kappa shape index (κ3) is 5.21. The number of amides is 1. The maximum absolute atomic E-state index is 13.3. The molecule has 3 fully saturated rings. The molecule has 1 aromatic heterocycles. The van der Waals surface area contributed by atoms with Gasteiger partial charge in [-0.1, -0.05) is 44.2 Å². The minimum absolute atomic E-state index is 0.0920. The molecule has 1 N–H and O–H groups in total. The van der Waals surface area contributed by atoms with Crippen LogP contribution in [0.5, 0.6) is 0 Å². The second-order valence-corrected chi connectivity index (χ2v) is 12.6. The van der Waals surface area contributed by atoms with E-state index in [1.807, 2.05) is 24.3 Å². The van der Waals surface area contributed by atoms with Gasteiger partial charge in [0.05, 0.1) is 17.6 Å². The Bertz CT molecular complexity index is 1350. The number of oxazole rings is 1. The zero-order chi connectivity index (χ0) is 26.2. The van der Waals surface area contributed by atoms with Crippen LogP contribution in [0, 0.1) is 17.2 Å². The summed E-state index contributed by atoms with van der Waals surface area (Å²) in [6.07, 6.45) is 6.43. The van der Waals surface area contributed by atoms with Crippen molar-refractivity contribution in [2.24, 2.45) is 5.92 Å². The third-order valence-electron chi connectivity index (χ3n) is 7.79. The summed E-state index contributed by atoms with van der Waals surface area (Å²) in [5.74, 6) is 0.809. The number of rotatable bonds is 7. The minimum atomic E-state index is -2.95. The van der Waals surface area contributed by atoms with E-state index in [1.165, 1.54) is 0 Å². The van der Waals surface area contributed by atoms with Gasteiger partial charge in [0.15, 0.2) is 9.84 Å².